The number of aromatic nitrogens is 1. The summed E-state index contributed by atoms with van der Waals surface area (Å²) in [6.07, 6.45) is 4.48. The Morgan fingerprint density at radius 3 is 2.93 bits per heavy atom. The number of para-hydroxylation sites is 1. The maximum Gasteiger partial charge on any atom is 0.257 e. The zero-order valence-electron chi connectivity index (χ0n) is 17.7. The average molecular weight is 430 g/mol. The minimum absolute atomic E-state index is 0.0709. The SMILES string of the molecule is CO[C@H]1CCN2C[C@H]1CCCCN(Cc1cscn1)CCOc1ccccc1C2=O. The van der Waals surface area contributed by atoms with Crippen LogP contribution in [0, 0.1) is 5.92 Å². The van der Waals surface area contributed by atoms with Crippen molar-refractivity contribution in [2.24, 2.45) is 5.92 Å². The lowest BCUT2D eigenvalue weighted by atomic mass is 9.89. The van der Waals surface area contributed by atoms with Crippen molar-refractivity contribution >= 4 is 17.2 Å². The van der Waals surface area contributed by atoms with Gasteiger partial charge in [0.15, 0.2) is 0 Å². The Morgan fingerprint density at radius 2 is 2.10 bits per heavy atom. The molecular formula is C23H31N3O3S. The molecular weight excluding hydrogens is 398 g/mol. The van der Waals surface area contributed by atoms with Crippen LogP contribution in [-0.4, -0.2) is 66.7 Å². The number of piperidine rings is 1. The summed E-state index contributed by atoms with van der Waals surface area (Å²) in [5.41, 5.74) is 3.66. The summed E-state index contributed by atoms with van der Waals surface area (Å²) < 4.78 is 11.9. The lowest BCUT2D eigenvalue weighted by Gasteiger charge is -2.38. The fourth-order valence-corrected chi connectivity index (χ4v) is 5.11. The summed E-state index contributed by atoms with van der Waals surface area (Å²) >= 11 is 1.63. The smallest absolute Gasteiger partial charge is 0.257 e. The van der Waals surface area contributed by atoms with Gasteiger partial charge in [-0.1, -0.05) is 18.6 Å². The first-order chi connectivity index (χ1) is 14.7. The van der Waals surface area contributed by atoms with Crippen LogP contribution >= 0.6 is 11.3 Å². The predicted molar refractivity (Wildman–Crippen MR) is 118 cm³/mol. The summed E-state index contributed by atoms with van der Waals surface area (Å²) in [5.74, 6) is 1.14. The molecule has 162 valence electrons. The number of nitrogens with zero attached hydrogens (tertiary/aromatic N) is 3. The quantitative estimate of drug-likeness (QED) is 0.745. The fraction of sp³-hybridized carbons (Fsp3) is 0.565. The second-order valence-corrected chi connectivity index (χ2v) is 8.89. The summed E-state index contributed by atoms with van der Waals surface area (Å²) in [6.45, 7) is 4.73. The lowest BCUT2D eigenvalue weighted by molar-refractivity contribution is -0.00702. The van der Waals surface area contributed by atoms with E-state index in [9.17, 15) is 4.79 Å². The minimum Gasteiger partial charge on any atom is -0.491 e. The van der Waals surface area contributed by atoms with Crippen LogP contribution in [0.15, 0.2) is 35.2 Å². The van der Waals surface area contributed by atoms with Crippen molar-refractivity contribution in [1.29, 1.82) is 0 Å². The molecule has 4 rings (SSSR count). The normalized spacial score (nSPS) is 24.0. The third kappa shape index (κ3) is 5.20. The third-order valence-corrected chi connectivity index (χ3v) is 6.84. The van der Waals surface area contributed by atoms with E-state index in [0.29, 0.717) is 23.8 Å². The van der Waals surface area contributed by atoms with Crippen molar-refractivity contribution < 1.29 is 14.3 Å². The summed E-state index contributed by atoms with van der Waals surface area (Å²) in [6, 6.07) is 7.64. The molecule has 0 aliphatic carbocycles. The largest absolute Gasteiger partial charge is 0.491 e. The Kier molecular flexibility index (Phi) is 7.36. The zero-order chi connectivity index (χ0) is 20.8. The van der Waals surface area contributed by atoms with Gasteiger partial charge < -0.3 is 14.4 Å². The van der Waals surface area contributed by atoms with Crippen LogP contribution in [0.25, 0.3) is 0 Å². The van der Waals surface area contributed by atoms with Gasteiger partial charge in [0, 0.05) is 44.6 Å². The molecule has 30 heavy (non-hydrogen) atoms. The topological polar surface area (TPSA) is 54.9 Å². The first kappa shape index (κ1) is 21.3. The van der Waals surface area contributed by atoms with Gasteiger partial charge >= 0.3 is 0 Å². The number of carbonyl (C=O) groups is 1. The number of rotatable bonds is 3. The molecule has 0 N–H and O–H groups in total. The van der Waals surface area contributed by atoms with E-state index in [4.69, 9.17) is 9.47 Å². The highest BCUT2D eigenvalue weighted by Gasteiger charge is 2.32. The molecule has 2 atom stereocenters. The van der Waals surface area contributed by atoms with E-state index >= 15 is 0 Å². The highest BCUT2D eigenvalue weighted by atomic mass is 32.1. The molecule has 3 heterocycles. The molecule has 1 amide bonds. The molecule has 1 fully saturated rings. The number of hydrogen-bond donors (Lipinski definition) is 0. The van der Waals surface area contributed by atoms with Gasteiger partial charge in [0.2, 0.25) is 0 Å². The predicted octanol–water partition coefficient (Wildman–Crippen LogP) is 3.69. The molecule has 1 aromatic heterocycles. The highest BCUT2D eigenvalue weighted by molar-refractivity contribution is 7.07. The molecule has 2 aliphatic heterocycles. The monoisotopic (exact) mass is 429 g/mol. The van der Waals surface area contributed by atoms with Crippen molar-refractivity contribution in [1.82, 2.24) is 14.8 Å². The van der Waals surface area contributed by atoms with Crippen LogP contribution in [-0.2, 0) is 11.3 Å². The van der Waals surface area contributed by atoms with Gasteiger partial charge in [-0.3, -0.25) is 9.69 Å². The van der Waals surface area contributed by atoms with E-state index in [1.165, 1.54) is 0 Å². The van der Waals surface area contributed by atoms with Crippen molar-refractivity contribution in [3.05, 3.63) is 46.4 Å². The van der Waals surface area contributed by atoms with Crippen molar-refractivity contribution in [2.75, 3.05) is 39.9 Å². The van der Waals surface area contributed by atoms with Gasteiger partial charge in [0.1, 0.15) is 12.4 Å². The van der Waals surface area contributed by atoms with Gasteiger partial charge in [-0.15, -0.1) is 11.3 Å². The van der Waals surface area contributed by atoms with Gasteiger partial charge in [0.05, 0.1) is 22.9 Å². The molecule has 0 saturated carbocycles. The van der Waals surface area contributed by atoms with E-state index in [0.717, 1.165) is 64.1 Å². The molecule has 6 nitrogen and oxygen atoms in total. The summed E-state index contributed by atoms with van der Waals surface area (Å²) in [7, 11) is 1.80. The van der Waals surface area contributed by atoms with Gasteiger partial charge in [-0.25, -0.2) is 4.98 Å². The maximum atomic E-state index is 13.3. The van der Waals surface area contributed by atoms with Crippen LogP contribution in [0.3, 0.4) is 0 Å². The van der Waals surface area contributed by atoms with E-state index in [2.05, 4.69) is 15.3 Å². The van der Waals surface area contributed by atoms with E-state index in [-0.39, 0.29) is 12.0 Å². The number of fused-ring (bicyclic) bond motifs is 3. The van der Waals surface area contributed by atoms with Crippen molar-refractivity contribution in [3.8, 4) is 5.75 Å². The number of amides is 1. The lowest BCUT2D eigenvalue weighted by Crippen LogP contribution is -2.46. The number of benzene rings is 1. The molecule has 1 saturated heterocycles. The number of methoxy groups -OCH3 is 1. The third-order valence-electron chi connectivity index (χ3n) is 6.21. The van der Waals surface area contributed by atoms with E-state index in [1.807, 2.05) is 34.7 Å². The fourth-order valence-electron chi connectivity index (χ4n) is 4.56. The van der Waals surface area contributed by atoms with E-state index < -0.39 is 0 Å². The van der Waals surface area contributed by atoms with Crippen LogP contribution in [0.1, 0.15) is 41.7 Å². The minimum atomic E-state index is 0.0709. The molecule has 2 bridgehead atoms. The summed E-state index contributed by atoms with van der Waals surface area (Å²) in [5, 5.41) is 2.11. The van der Waals surface area contributed by atoms with Crippen LogP contribution in [0.4, 0.5) is 0 Å². The standard InChI is InChI=1S/C23H31N3O3S/c1-28-21-9-11-26-14-18(21)6-4-5-10-25(15-19-16-30-17-24-19)12-13-29-22-8-3-2-7-20(22)23(26)27/h2-3,7-8,16-18,21H,4-6,9-15H2,1H3/t18-,21+/m1/s1. The Hall–Kier alpha value is -1.96. The average Bonchev–Trinajstić information content (AvgIpc) is 3.29. The van der Waals surface area contributed by atoms with Crippen molar-refractivity contribution in [3.63, 3.8) is 0 Å². The molecule has 0 radical (unpaired) electrons. The second-order valence-electron chi connectivity index (χ2n) is 8.17. The molecule has 7 heteroatoms. The Morgan fingerprint density at radius 1 is 1.20 bits per heavy atom. The molecule has 2 aliphatic rings. The Bertz CT molecular complexity index is 814. The Balaban J connectivity index is 1.53. The van der Waals surface area contributed by atoms with Gasteiger partial charge in [-0.2, -0.15) is 0 Å². The second kappa shape index (κ2) is 10.4. The van der Waals surface area contributed by atoms with Crippen LogP contribution in [0.5, 0.6) is 5.75 Å². The number of ether oxygens (including phenoxy) is 2. The van der Waals surface area contributed by atoms with E-state index in [1.54, 1.807) is 18.4 Å². The first-order valence-electron chi connectivity index (χ1n) is 10.9. The molecule has 0 spiro atoms. The number of hydrogen-bond acceptors (Lipinski definition) is 6. The van der Waals surface area contributed by atoms with Gasteiger partial charge in [-0.05, 0) is 37.9 Å². The number of carbonyl (C=O) groups excluding carboxylic acids is 1. The molecule has 1 aromatic carbocycles. The maximum absolute atomic E-state index is 13.3. The number of thiazole rings is 1. The first-order valence-corrected chi connectivity index (χ1v) is 11.8. The summed E-state index contributed by atoms with van der Waals surface area (Å²) in [4.78, 5) is 22.1. The Labute approximate surface area is 182 Å². The zero-order valence-corrected chi connectivity index (χ0v) is 18.5. The molecule has 2 aromatic rings. The van der Waals surface area contributed by atoms with Gasteiger partial charge in [0.25, 0.3) is 5.91 Å². The molecule has 0 unspecified atom stereocenters. The van der Waals surface area contributed by atoms with Crippen LogP contribution in [0.2, 0.25) is 0 Å². The highest BCUT2D eigenvalue weighted by Crippen LogP contribution is 2.28. The van der Waals surface area contributed by atoms with Crippen LogP contribution < -0.4 is 4.74 Å². The van der Waals surface area contributed by atoms with Crippen molar-refractivity contribution in [2.45, 2.75) is 38.3 Å².